The van der Waals surface area contributed by atoms with Crippen molar-refractivity contribution in [3.63, 3.8) is 0 Å². The number of pyridine rings is 1. The zero-order valence-electron chi connectivity index (χ0n) is 11.8. The van der Waals surface area contributed by atoms with Gasteiger partial charge in [0.15, 0.2) is 0 Å². The fourth-order valence-corrected chi connectivity index (χ4v) is 2.93. The van der Waals surface area contributed by atoms with Gasteiger partial charge in [0.05, 0.1) is 0 Å². The Labute approximate surface area is 119 Å². The van der Waals surface area contributed by atoms with Gasteiger partial charge in [0.2, 0.25) is 0 Å². The van der Waals surface area contributed by atoms with Crippen LogP contribution in [0.4, 0.5) is 5.82 Å². The van der Waals surface area contributed by atoms with Crippen LogP contribution in [-0.4, -0.2) is 18.1 Å². The average Bonchev–Trinajstić information content (AvgIpc) is 2.90. The van der Waals surface area contributed by atoms with Gasteiger partial charge in [0.1, 0.15) is 5.82 Å². The lowest BCUT2D eigenvalue weighted by Gasteiger charge is -2.27. The molecular formula is C15H21N3S. The van der Waals surface area contributed by atoms with Gasteiger partial charge in [-0.2, -0.15) is 0 Å². The summed E-state index contributed by atoms with van der Waals surface area (Å²) in [4.78, 5) is 8.28. The second kappa shape index (κ2) is 6.17. The van der Waals surface area contributed by atoms with Gasteiger partial charge in [-0.25, -0.2) is 4.98 Å². The molecule has 1 atom stereocenters. The number of aromatic nitrogens is 1. The molecule has 3 nitrogen and oxygen atoms in total. The monoisotopic (exact) mass is 275 g/mol. The molecule has 0 aliphatic rings. The number of anilines is 1. The summed E-state index contributed by atoms with van der Waals surface area (Å²) in [6.45, 7) is 4.77. The molecule has 2 heterocycles. The highest BCUT2D eigenvalue weighted by molar-refractivity contribution is 7.09. The van der Waals surface area contributed by atoms with Crippen molar-refractivity contribution in [2.24, 2.45) is 5.73 Å². The fraction of sp³-hybridized carbons (Fsp3) is 0.400. The molecule has 0 radical (unpaired) electrons. The van der Waals surface area contributed by atoms with Crippen molar-refractivity contribution in [1.82, 2.24) is 4.98 Å². The van der Waals surface area contributed by atoms with Gasteiger partial charge in [-0.15, -0.1) is 11.3 Å². The Morgan fingerprint density at radius 3 is 2.79 bits per heavy atom. The molecule has 0 fully saturated rings. The highest BCUT2D eigenvalue weighted by Crippen LogP contribution is 2.21. The lowest BCUT2D eigenvalue weighted by atomic mass is 10.1. The van der Waals surface area contributed by atoms with Crippen molar-refractivity contribution >= 4 is 17.2 Å². The first-order chi connectivity index (χ1) is 9.11. The lowest BCUT2D eigenvalue weighted by Crippen LogP contribution is -2.32. The van der Waals surface area contributed by atoms with E-state index in [-0.39, 0.29) is 0 Å². The Morgan fingerprint density at radius 1 is 1.37 bits per heavy atom. The maximum absolute atomic E-state index is 5.81. The number of rotatable bonds is 5. The first-order valence-corrected chi connectivity index (χ1v) is 7.41. The first-order valence-electron chi connectivity index (χ1n) is 6.53. The molecule has 2 rings (SSSR count). The van der Waals surface area contributed by atoms with E-state index in [4.69, 9.17) is 5.73 Å². The summed E-state index contributed by atoms with van der Waals surface area (Å²) in [5.41, 5.74) is 7.94. The van der Waals surface area contributed by atoms with Crippen LogP contribution in [0.2, 0.25) is 0 Å². The van der Waals surface area contributed by atoms with Gasteiger partial charge in [0.25, 0.3) is 0 Å². The second-order valence-electron chi connectivity index (χ2n) is 4.88. The summed E-state index contributed by atoms with van der Waals surface area (Å²) in [5, 5.41) is 2.12. The fourth-order valence-electron chi connectivity index (χ4n) is 2.10. The number of hydrogen-bond donors (Lipinski definition) is 1. The number of nitrogens with zero attached hydrogens (tertiary/aromatic N) is 2. The number of aryl methyl sites for hydroxylation is 1. The van der Waals surface area contributed by atoms with Crippen LogP contribution in [0.25, 0.3) is 0 Å². The number of thiophene rings is 1. The number of likely N-dealkylation sites (N-methyl/N-ethyl adjacent to an activating group) is 1. The maximum Gasteiger partial charge on any atom is 0.133 e. The third-order valence-corrected chi connectivity index (χ3v) is 4.29. The molecule has 0 aliphatic carbocycles. The van der Waals surface area contributed by atoms with Crippen LogP contribution in [0.3, 0.4) is 0 Å². The minimum Gasteiger partial charge on any atom is -0.356 e. The first kappa shape index (κ1) is 14.0. The normalized spacial score (nSPS) is 12.4. The van der Waals surface area contributed by atoms with Crippen molar-refractivity contribution in [2.75, 3.05) is 11.9 Å². The van der Waals surface area contributed by atoms with Crippen LogP contribution in [0, 0.1) is 6.92 Å². The Hall–Kier alpha value is -1.39. The summed E-state index contributed by atoms with van der Waals surface area (Å²) in [6.07, 6.45) is 1.04. The third-order valence-electron chi connectivity index (χ3n) is 3.39. The summed E-state index contributed by atoms with van der Waals surface area (Å²) < 4.78 is 0. The molecule has 0 amide bonds. The maximum atomic E-state index is 5.81. The lowest BCUT2D eigenvalue weighted by molar-refractivity contribution is 0.675. The van der Waals surface area contributed by atoms with Crippen molar-refractivity contribution < 1.29 is 0 Å². The molecule has 102 valence electrons. The van der Waals surface area contributed by atoms with E-state index in [1.54, 1.807) is 11.3 Å². The molecule has 0 saturated heterocycles. The van der Waals surface area contributed by atoms with Crippen LogP contribution in [0.15, 0.2) is 29.6 Å². The number of nitrogens with two attached hydrogens (primary N) is 1. The van der Waals surface area contributed by atoms with E-state index in [0.29, 0.717) is 12.6 Å². The number of hydrogen-bond acceptors (Lipinski definition) is 4. The zero-order chi connectivity index (χ0) is 13.8. The van der Waals surface area contributed by atoms with Crippen molar-refractivity contribution in [2.45, 2.75) is 32.9 Å². The van der Waals surface area contributed by atoms with Gasteiger partial charge in [-0.3, -0.25) is 0 Å². The van der Waals surface area contributed by atoms with Crippen LogP contribution in [0.1, 0.15) is 23.1 Å². The molecule has 0 spiro atoms. The molecule has 19 heavy (non-hydrogen) atoms. The Bertz CT molecular complexity index is 522. The molecule has 4 heteroatoms. The Kier molecular flexibility index (Phi) is 4.56. The van der Waals surface area contributed by atoms with Crippen molar-refractivity contribution in [1.29, 1.82) is 0 Å². The van der Waals surface area contributed by atoms with Gasteiger partial charge in [0, 0.05) is 42.2 Å². The highest BCUT2D eigenvalue weighted by Gasteiger charge is 2.15. The summed E-state index contributed by atoms with van der Waals surface area (Å²) in [5.74, 6) is 1.01. The molecule has 1 unspecified atom stereocenters. The van der Waals surface area contributed by atoms with E-state index >= 15 is 0 Å². The van der Waals surface area contributed by atoms with Gasteiger partial charge in [-0.1, -0.05) is 12.1 Å². The van der Waals surface area contributed by atoms with E-state index in [0.717, 1.165) is 23.5 Å². The molecular weight excluding hydrogens is 254 g/mol. The van der Waals surface area contributed by atoms with Crippen LogP contribution >= 0.6 is 11.3 Å². The van der Waals surface area contributed by atoms with Crippen molar-refractivity contribution in [3.05, 3.63) is 45.8 Å². The zero-order valence-corrected chi connectivity index (χ0v) is 12.6. The molecule has 2 aromatic heterocycles. The smallest absolute Gasteiger partial charge is 0.133 e. The SMILES string of the molecule is Cc1ccc(CN)c(N(C)C(C)Cc2cccs2)n1. The summed E-state index contributed by atoms with van der Waals surface area (Å²) in [7, 11) is 2.10. The quantitative estimate of drug-likeness (QED) is 0.912. The van der Waals surface area contributed by atoms with Gasteiger partial charge in [-0.05, 0) is 31.4 Å². The molecule has 0 bridgehead atoms. The third kappa shape index (κ3) is 3.33. The second-order valence-corrected chi connectivity index (χ2v) is 5.92. The van der Waals surface area contributed by atoms with E-state index in [9.17, 15) is 0 Å². The topological polar surface area (TPSA) is 42.1 Å². The average molecular weight is 275 g/mol. The van der Waals surface area contributed by atoms with Crippen LogP contribution < -0.4 is 10.6 Å². The van der Waals surface area contributed by atoms with Gasteiger partial charge < -0.3 is 10.6 Å². The summed E-state index contributed by atoms with van der Waals surface area (Å²) in [6, 6.07) is 8.78. The molecule has 0 aliphatic heterocycles. The molecule has 2 N–H and O–H groups in total. The minimum atomic E-state index is 0.401. The Morgan fingerprint density at radius 2 is 2.16 bits per heavy atom. The van der Waals surface area contributed by atoms with E-state index in [2.05, 4.69) is 47.4 Å². The molecule has 0 aromatic carbocycles. The minimum absolute atomic E-state index is 0.401. The summed E-state index contributed by atoms with van der Waals surface area (Å²) >= 11 is 1.81. The molecule has 2 aromatic rings. The predicted octanol–water partition coefficient (Wildman–Crippen LogP) is 2.98. The van der Waals surface area contributed by atoms with Crippen LogP contribution in [0.5, 0.6) is 0 Å². The largest absolute Gasteiger partial charge is 0.356 e. The Balaban J connectivity index is 2.18. The highest BCUT2D eigenvalue weighted by atomic mass is 32.1. The van der Waals surface area contributed by atoms with E-state index in [1.165, 1.54) is 4.88 Å². The van der Waals surface area contributed by atoms with Crippen molar-refractivity contribution in [3.8, 4) is 0 Å². The van der Waals surface area contributed by atoms with Crippen LogP contribution in [-0.2, 0) is 13.0 Å². The van der Waals surface area contributed by atoms with E-state index in [1.807, 2.05) is 13.0 Å². The predicted molar refractivity (Wildman–Crippen MR) is 82.8 cm³/mol. The van der Waals surface area contributed by atoms with Gasteiger partial charge >= 0.3 is 0 Å². The molecule has 0 saturated carbocycles. The van der Waals surface area contributed by atoms with E-state index < -0.39 is 0 Å². The standard InChI is InChI=1S/C15H21N3S/c1-11-6-7-13(10-16)15(17-11)18(3)12(2)9-14-5-4-8-19-14/h4-8,12H,9-10,16H2,1-3H3.